The highest BCUT2D eigenvalue weighted by molar-refractivity contribution is 6.04. The van der Waals surface area contributed by atoms with E-state index in [1.165, 1.54) is 19.3 Å². The second-order valence-corrected chi connectivity index (χ2v) is 4.93. The number of nitrogens with zero attached hydrogens (tertiary/aromatic N) is 1. The van der Waals surface area contributed by atoms with Gasteiger partial charge in [0.2, 0.25) is 5.91 Å². The summed E-state index contributed by atoms with van der Waals surface area (Å²) in [5, 5.41) is 3.25. The van der Waals surface area contributed by atoms with E-state index >= 15 is 0 Å². The molecule has 1 N–H and O–H groups in total. The molecular formula is C15H22N2O. The Labute approximate surface area is 109 Å². The van der Waals surface area contributed by atoms with Crippen molar-refractivity contribution in [1.29, 1.82) is 0 Å². The number of unbranched alkanes of at least 4 members (excludes halogenated alkanes) is 3. The quantitative estimate of drug-likeness (QED) is 0.807. The molecule has 1 unspecified atom stereocenters. The van der Waals surface area contributed by atoms with Gasteiger partial charge in [0.05, 0.1) is 11.4 Å². The average Bonchev–Trinajstić information content (AvgIpc) is 2.38. The normalized spacial score (nSPS) is 18.4. The Balaban J connectivity index is 2.09. The van der Waals surface area contributed by atoms with Gasteiger partial charge in [-0.25, -0.2) is 0 Å². The summed E-state index contributed by atoms with van der Waals surface area (Å²) in [6.07, 6.45) is 4.75. The van der Waals surface area contributed by atoms with E-state index in [1.807, 2.05) is 36.1 Å². The van der Waals surface area contributed by atoms with Crippen molar-refractivity contribution >= 4 is 17.3 Å². The summed E-state index contributed by atoms with van der Waals surface area (Å²) in [6, 6.07) is 7.93. The van der Waals surface area contributed by atoms with E-state index < -0.39 is 0 Å². The molecule has 1 aromatic rings. The van der Waals surface area contributed by atoms with Crippen molar-refractivity contribution in [2.24, 2.45) is 0 Å². The molecule has 0 aromatic heterocycles. The fourth-order valence-corrected chi connectivity index (χ4v) is 2.41. The predicted octanol–water partition coefficient (Wildman–Crippen LogP) is 3.41. The monoisotopic (exact) mass is 246 g/mol. The van der Waals surface area contributed by atoms with Gasteiger partial charge in [-0.2, -0.15) is 0 Å². The third kappa shape index (κ3) is 2.66. The van der Waals surface area contributed by atoms with Crippen LogP contribution in [-0.2, 0) is 4.79 Å². The van der Waals surface area contributed by atoms with E-state index in [-0.39, 0.29) is 11.9 Å². The lowest BCUT2D eigenvalue weighted by Gasteiger charge is -2.34. The first-order valence-electron chi connectivity index (χ1n) is 6.91. The van der Waals surface area contributed by atoms with Crippen molar-refractivity contribution < 1.29 is 4.79 Å². The Morgan fingerprint density at radius 3 is 2.78 bits per heavy atom. The van der Waals surface area contributed by atoms with Gasteiger partial charge in [0.1, 0.15) is 6.04 Å². The summed E-state index contributed by atoms with van der Waals surface area (Å²) < 4.78 is 0. The molecule has 1 aromatic carbocycles. The molecule has 1 aliphatic rings. The molecule has 0 radical (unpaired) electrons. The van der Waals surface area contributed by atoms with Crippen LogP contribution in [-0.4, -0.2) is 18.5 Å². The fraction of sp³-hybridized carbons (Fsp3) is 0.533. The number of rotatable bonds is 5. The second kappa shape index (κ2) is 5.89. The molecule has 3 nitrogen and oxygen atoms in total. The number of fused-ring (bicyclic) bond motifs is 1. The summed E-state index contributed by atoms with van der Waals surface area (Å²) in [5.74, 6) is 0.185. The van der Waals surface area contributed by atoms with E-state index in [9.17, 15) is 4.79 Å². The van der Waals surface area contributed by atoms with Crippen LogP contribution in [0.15, 0.2) is 24.3 Å². The Morgan fingerprint density at radius 1 is 1.22 bits per heavy atom. The molecule has 1 atom stereocenters. The number of carbonyl (C=O) groups excluding carboxylic acids is 1. The number of hydrogen-bond acceptors (Lipinski definition) is 2. The minimum Gasteiger partial charge on any atom is -0.372 e. The van der Waals surface area contributed by atoms with Crippen molar-refractivity contribution in [3.8, 4) is 0 Å². The van der Waals surface area contributed by atoms with Crippen molar-refractivity contribution in [2.45, 2.75) is 45.6 Å². The molecule has 2 rings (SSSR count). The van der Waals surface area contributed by atoms with Crippen LogP contribution in [0.2, 0.25) is 0 Å². The van der Waals surface area contributed by atoms with E-state index in [4.69, 9.17) is 0 Å². The van der Waals surface area contributed by atoms with Gasteiger partial charge in [0.15, 0.2) is 0 Å². The second-order valence-electron chi connectivity index (χ2n) is 4.93. The first kappa shape index (κ1) is 12.9. The summed E-state index contributed by atoms with van der Waals surface area (Å²) >= 11 is 0. The zero-order chi connectivity index (χ0) is 13.0. The Bertz CT molecular complexity index is 417. The number of anilines is 2. The molecule has 3 heteroatoms. The molecule has 18 heavy (non-hydrogen) atoms. The molecule has 0 saturated carbocycles. The Kier molecular flexibility index (Phi) is 4.24. The summed E-state index contributed by atoms with van der Waals surface area (Å²) in [7, 11) is 0. The third-order valence-corrected chi connectivity index (χ3v) is 3.44. The fourth-order valence-electron chi connectivity index (χ4n) is 2.41. The molecule has 0 spiro atoms. The van der Waals surface area contributed by atoms with Crippen molar-refractivity contribution in [1.82, 2.24) is 0 Å². The molecular weight excluding hydrogens is 224 g/mol. The highest BCUT2D eigenvalue weighted by Crippen LogP contribution is 2.31. The van der Waals surface area contributed by atoms with Crippen LogP contribution in [0.5, 0.6) is 0 Å². The van der Waals surface area contributed by atoms with Gasteiger partial charge >= 0.3 is 0 Å². The van der Waals surface area contributed by atoms with E-state index in [0.29, 0.717) is 0 Å². The lowest BCUT2D eigenvalue weighted by atomic mass is 10.1. The van der Waals surface area contributed by atoms with Gasteiger partial charge in [-0.1, -0.05) is 38.3 Å². The molecule has 1 aliphatic heterocycles. The number of amides is 1. The first-order chi connectivity index (χ1) is 8.74. The summed E-state index contributed by atoms with van der Waals surface area (Å²) in [6.45, 7) is 4.96. The number of nitrogens with one attached hydrogen (secondary N) is 1. The molecule has 1 heterocycles. The van der Waals surface area contributed by atoms with Crippen molar-refractivity contribution in [3.63, 3.8) is 0 Å². The van der Waals surface area contributed by atoms with Crippen LogP contribution < -0.4 is 10.2 Å². The van der Waals surface area contributed by atoms with E-state index in [1.54, 1.807) is 0 Å². The molecule has 98 valence electrons. The lowest BCUT2D eigenvalue weighted by molar-refractivity contribution is -0.119. The average molecular weight is 246 g/mol. The molecule has 0 fully saturated rings. The standard InChI is InChI=1S/C15H22N2O/c1-3-4-5-8-11-17-14-10-7-6-9-13(14)16-12(2)15(17)18/h6-7,9-10,12,16H,3-5,8,11H2,1-2H3. The number of benzene rings is 1. The maximum atomic E-state index is 12.2. The lowest BCUT2D eigenvalue weighted by Crippen LogP contribution is -2.46. The largest absolute Gasteiger partial charge is 0.372 e. The highest BCUT2D eigenvalue weighted by atomic mass is 16.2. The number of hydrogen-bond donors (Lipinski definition) is 1. The molecule has 0 bridgehead atoms. The number of para-hydroxylation sites is 2. The van der Waals surface area contributed by atoms with Gasteiger partial charge in [-0.3, -0.25) is 4.79 Å². The summed E-state index contributed by atoms with van der Waals surface area (Å²) in [5.41, 5.74) is 2.09. The predicted molar refractivity (Wildman–Crippen MR) is 76.0 cm³/mol. The summed E-state index contributed by atoms with van der Waals surface area (Å²) in [4.78, 5) is 14.2. The minimum absolute atomic E-state index is 0.119. The van der Waals surface area contributed by atoms with Crippen molar-refractivity contribution in [2.75, 3.05) is 16.8 Å². The van der Waals surface area contributed by atoms with Crippen LogP contribution in [0.4, 0.5) is 11.4 Å². The van der Waals surface area contributed by atoms with Crippen LogP contribution in [0.1, 0.15) is 39.5 Å². The van der Waals surface area contributed by atoms with Crippen LogP contribution in [0.3, 0.4) is 0 Å². The molecule has 0 saturated heterocycles. The zero-order valence-corrected chi connectivity index (χ0v) is 11.3. The van der Waals surface area contributed by atoms with Gasteiger partial charge in [0, 0.05) is 6.54 Å². The zero-order valence-electron chi connectivity index (χ0n) is 11.3. The molecule has 0 aliphatic carbocycles. The highest BCUT2D eigenvalue weighted by Gasteiger charge is 2.28. The van der Waals surface area contributed by atoms with Crippen LogP contribution >= 0.6 is 0 Å². The topological polar surface area (TPSA) is 32.3 Å². The van der Waals surface area contributed by atoms with Gasteiger partial charge in [0.25, 0.3) is 0 Å². The van der Waals surface area contributed by atoms with Gasteiger partial charge < -0.3 is 10.2 Å². The third-order valence-electron chi connectivity index (χ3n) is 3.44. The molecule has 1 amide bonds. The van der Waals surface area contributed by atoms with E-state index in [2.05, 4.69) is 12.2 Å². The maximum absolute atomic E-state index is 12.2. The Morgan fingerprint density at radius 2 is 2.00 bits per heavy atom. The van der Waals surface area contributed by atoms with E-state index in [0.717, 1.165) is 24.3 Å². The van der Waals surface area contributed by atoms with Gasteiger partial charge in [-0.15, -0.1) is 0 Å². The Hall–Kier alpha value is -1.51. The SMILES string of the molecule is CCCCCCN1C(=O)C(C)Nc2ccccc21. The maximum Gasteiger partial charge on any atom is 0.249 e. The van der Waals surface area contributed by atoms with Crippen LogP contribution in [0.25, 0.3) is 0 Å². The smallest absolute Gasteiger partial charge is 0.249 e. The van der Waals surface area contributed by atoms with Gasteiger partial charge in [-0.05, 0) is 25.5 Å². The minimum atomic E-state index is -0.119. The number of carbonyl (C=O) groups is 1. The van der Waals surface area contributed by atoms with Crippen LogP contribution in [0, 0.1) is 0 Å². The van der Waals surface area contributed by atoms with Crippen molar-refractivity contribution in [3.05, 3.63) is 24.3 Å². The first-order valence-corrected chi connectivity index (χ1v) is 6.91.